The minimum atomic E-state index is -0.516. The largest absolute Gasteiger partial charge is 0.456 e. The first-order valence-electron chi connectivity index (χ1n) is 5.90. The van der Waals surface area contributed by atoms with Crippen LogP contribution >= 0.6 is 0 Å². The molecule has 0 aromatic carbocycles. The van der Waals surface area contributed by atoms with Crippen molar-refractivity contribution in [2.75, 3.05) is 6.54 Å². The molecule has 0 fully saturated rings. The van der Waals surface area contributed by atoms with E-state index in [2.05, 4.69) is 32.6 Å². The van der Waals surface area contributed by atoms with E-state index < -0.39 is 5.91 Å². The van der Waals surface area contributed by atoms with Crippen molar-refractivity contribution in [2.24, 2.45) is 5.73 Å². The van der Waals surface area contributed by atoms with E-state index in [9.17, 15) is 4.79 Å². The Morgan fingerprint density at radius 3 is 2.41 bits per heavy atom. The number of carbonyl (C=O) groups excluding carboxylic acids is 1. The SMILES string of the molecule is CCN(Cc1cc(C(N)=O)oc1C)C(C)(C)C. The fourth-order valence-corrected chi connectivity index (χ4v) is 1.83. The average Bonchev–Trinajstić information content (AvgIpc) is 2.54. The molecule has 1 aromatic rings. The van der Waals surface area contributed by atoms with Gasteiger partial charge >= 0.3 is 0 Å². The van der Waals surface area contributed by atoms with Crippen molar-refractivity contribution in [2.45, 2.75) is 46.7 Å². The van der Waals surface area contributed by atoms with Gasteiger partial charge in [-0.2, -0.15) is 0 Å². The first-order chi connectivity index (χ1) is 7.75. The molecule has 4 heteroatoms. The lowest BCUT2D eigenvalue weighted by Crippen LogP contribution is -2.40. The van der Waals surface area contributed by atoms with Crippen molar-refractivity contribution in [3.05, 3.63) is 23.2 Å². The Bertz CT molecular complexity index is 402. The summed E-state index contributed by atoms with van der Waals surface area (Å²) in [5.74, 6) is 0.488. The molecule has 4 nitrogen and oxygen atoms in total. The number of nitrogens with zero attached hydrogens (tertiary/aromatic N) is 1. The highest BCUT2D eigenvalue weighted by Gasteiger charge is 2.22. The van der Waals surface area contributed by atoms with Crippen LogP contribution in [0.15, 0.2) is 10.5 Å². The van der Waals surface area contributed by atoms with Crippen LogP contribution in [-0.2, 0) is 6.54 Å². The van der Waals surface area contributed by atoms with Gasteiger partial charge in [0.2, 0.25) is 0 Å². The van der Waals surface area contributed by atoms with Gasteiger partial charge in [-0.05, 0) is 40.3 Å². The highest BCUT2D eigenvalue weighted by Crippen LogP contribution is 2.21. The maximum atomic E-state index is 11.0. The van der Waals surface area contributed by atoms with Gasteiger partial charge in [0.15, 0.2) is 5.76 Å². The summed E-state index contributed by atoms with van der Waals surface area (Å²) in [4.78, 5) is 13.3. The zero-order valence-electron chi connectivity index (χ0n) is 11.3. The number of rotatable bonds is 4. The van der Waals surface area contributed by atoms with Gasteiger partial charge in [-0.25, -0.2) is 0 Å². The predicted octanol–water partition coefficient (Wildman–Crippen LogP) is 2.31. The molecule has 1 aromatic heterocycles. The van der Waals surface area contributed by atoms with Crippen LogP contribution in [0.25, 0.3) is 0 Å². The molecule has 1 amide bonds. The van der Waals surface area contributed by atoms with Crippen molar-refractivity contribution < 1.29 is 9.21 Å². The molecule has 0 unspecified atom stereocenters. The molecular weight excluding hydrogens is 216 g/mol. The van der Waals surface area contributed by atoms with Crippen molar-refractivity contribution in [1.82, 2.24) is 4.90 Å². The molecule has 0 atom stereocenters. The Hall–Kier alpha value is -1.29. The number of aryl methyl sites for hydroxylation is 1. The second kappa shape index (κ2) is 4.92. The Morgan fingerprint density at radius 2 is 2.06 bits per heavy atom. The normalized spacial score (nSPS) is 12.1. The van der Waals surface area contributed by atoms with Crippen LogP contribution in [-0.4, -0.2) is 22.9 Å². The lowest BCUT2D eigenvalue weighted by atomic mass is 10.0. The number of furan rings is 1. The quantitative estimate of drug-likeness (QED) is 0.875. The summed E-state index contributed by atoms with van der Waals surface area (Å²) in [7, 11) is 0. The van der Waals surface area contributed by atoms with E-state index in [1.54, 1.807) is 6.07 Å². The number of hydrogen-bond acceptors (Lipinski definition) is 3. The first kappa shape index (κ1) is 13.8. The number of carbonyl (C=O) groups is 1. The van der Waals surface area contributed by atoms with Crippen LogP contribution in [0.3, 0.4) is 0 Å². The first-order valence-corrected chi connectivity index (χ1v) is 5.90. The molecule has 1 rings (SSSR count). The van der Waals surface area contributed by atoms with Crippen LogP contribution in [0, 0.1) is 6.92 Å². The molecule has 0 aliphatic carbocycles. The molecule has 0 radical (unpaired) electrons. The van der Waals surface area contributed by atoms with Gasteiger partial charge in [-0.1, -0.05) is 6.92 Å². The molecule has 96 valence electrons. The predicted molar refractivity (Wildman–Crippen MR) is 67.8 cm³/mol. The fraction of sp³-hybridized carbons (Fsp3) is 0.615. The molecule has 2 N–H and O–H groups in total. The Labute approximate surface area is 103 Å². The lowest BCUT2D eigenvalue weighted by Gasteiger charge is -2.34. The molecule has 0 aliphatic heterocycles. The van der Waals surface area contributed by atoms with Crippen molar-refractivity contribution in [3.8, 4) is 0 Å². The monoisotopic (exact) mass is 238 g/mol. The summed E-state index contributed by atoms with van der Waals surface area (Å²) < 4.78 is 5.33. The van der Waals surface area contributed by atoms with Gasteiger partial charge in [0.05, 0.1) is 0 Å². The third kappa shape index (κ3) is 3.33. The maximum absolute atomic E-state index is 11.0. The molecular formula is C13H22N2O2. The van der Waals surface area contributed by atoms with Gasteiger partial charge < -0.3 is 10.2 Å². The van der Waals surface area contributed by atoms with E-state index in [1.165, 1.54) is 0 Å². The highest BCUT2D eigenvalue weighted by atomic mass is 16.3. The highest BCUT2D eigenvalue weighted by molar-refractivity contribution is 5.90. The number of hydrogen-bond donors (Lipinski definition) is 1. The zero-order chi connectivity index (χ0) is 13.2. The Balaban J connectivity index is 2.91. The molecule has 17 heavy (non-hydrogen) atoms. The Kier molecular flexibility index (Phi) is 3.98. The molecule has 0 saturated carbocycles. The second-order valence-corrected chi connectivity index (χ2v) is 5.24. The second-order valence-electron chi connectivity index (χ2n) is 5.24. The minimum Gasteiger partial charge on any atom is -0.456 e. The molecule has 1 heterocycles. The summed E-state index contributed by atoms with van der Waals surface area (Å²) in [5, 5.41) is 0. The van der Waals surface area contributed by atoms with Gasteiger partial charge in [-0.3, -0.25) is 9.69 Å². The van der Waals surface area contributed by atoms with E-state index in [-0.39, 0.29) is 11.3 Å². The smallest absolute Gasteiger partial charge is 0.284 e. The lowest BCUT2D eigenvalue weighted by molar-refractivity contribution is 0.0972. The Morgan fingerprint density at radius 1 is 1.47 bits per heavy atom. The van der Waals surface area contributed by atoms with Crippen molar-refractivity contribution in [1.29, 1.82) is 0 Å². The topological polar surface area (TPSA) is 59.5 Å². The molecule has 0 aliphatic rings. The summed E-state index contributed by atoms with van der Waals surface area (Å²) in [6, 6.07) is 1.74. The zero-order valence-corrected chi connectivity index (χ0v) is 11.3. The molecule has 0 spiro atoms. The van der Waals surface area contributed by atoms with Gasteiger partial charge in [0.25, 0.3) is 5.91 Å². The van der Waals surface area contributed by atoms with Gasteiger partial charge in [0, 0.05) is 17.6 Å². The molecule has 0 saturated heterocycles. The summed E-state index contributed by atoms with van der Waals surface area (Å²) in [6.45, 7) is 12.2. The van der Waals surface area contributed by atoms with Crippen molar-refractivity contribution in [3.63, 3.8) is 0 Å². The van der Waals surface area contributed by atoms with E-state index in [4.69, 9.17) is 10.2 Å². The summed E-state index contributed by atoms with van der Waals surface area (Å²) >= 11 is 0. The number of primary amides is 1. The fourth-order valence-electron chi connectivity index (χ4n) is 1.83. The van der Waals surface area contributed by atoms with E-state index in [1.807, 2.05) is 6.92 Å². The number of amides is 1. The molecule has 0 bridgehead atoms. The number of nitrogens with two attached hydrogens (primary N) is 1. The van der Waals surface area contributed by atoms with Crippen LogP contribution < -0.4 is 5.73 Å². The van der Waals surface area contributed by atoms with Crippen LogP contribution in [0.5, 0.6) is 0 Å². The standard InChI is InChI=1S/C13H22N2O2/c1-6-15(13(3,4)5)8-10-7-11(12(14)16)17-9(10)2/h7H,6,8H2,1-5H3,(H2,14,16). The minimum absolute atomic E-state index is 0.0886. The van der Waals surface area contributed by atoms with E-state index in [0.717, 1.165) is 24.4 Å². The van der Waals surface area contributed by atoms with E-state index in [0.29, 0.717) is 0 Å². The van der Waals surface area contributed by atoms with Crippen LogP contribution in [0.4, 0.5) is 0 Å². The van der Waals surface area contributed by atoms with Gasteiger partial charge in [-0.15, -0.1) is 0 Å². The van der Waals surface area contributed by atoms with Gasteiger partial charge in [0.1, 0.15) is 5.76 Å². The summed E-state index contributed by atoms with van der Waals surface area (Å²) in [6.07, 6.45) is 0. The van der Waals surface area contributed by atoms with E-state index >= 15 is 0 Å². The van der Waals surface area contributed by atoms with Crippen LogP contribution in [0.1, 0.15) is 49.6 Å². The van der Waals surface area contributed by atoms with Crippen molar-refractivity contribution >= 4 is 5.91 Å². The third-order valence-corrected chi connectivity index (χ3v) is 2.96. The summed E-state index contributed by atoms with van der Waals surface area (Å²) in [5.41, 5.74) is 6.31. The van der Waals surface area contributed by atoms with Crippen LogP contribution in [0.2, 0.25) is 0 Å². The maximum Gasteiger partial charge on any atom is 0.284 e. The third-order valence-electron chi connectivity index (χ3n) is 2.96. The average molecular weight is 238 g/mol.